The first-order chi connectivity index (χ1) is 5.68. The second-order valence-electron chi connectivity index (χ2n) is 2.87. The third-order valence-corrected chi connectivity index (χ3v) is 1.99. The summed E-state index contributed by atoms with van der Waals surface area (Å²) in [4.78, 5) is 4.18. The summed E-state index contributed by atoms with van der Waals surface area (Å²) in [6.07, 6.45) is 1.83. The molecule has 62 valence electrons. The van der Waals surface area contributed by atoms with Gasteiger partial charge in [-0.2, -0.15) is 0 Å². The van der Waals surface area contributed by atoms with Crippen LogP contribution in [-0.4, -0.2) is 14.6 Å². The fourth-order valence-electron chi connectivity index (χ4n) is 1.15. The molecule has 4 heteroatoms. The second-order valence-corrected chi connectivity index (χ2v) is 2.87. The lowest BCUT2D eigenvalue weighted by atomic mass is 10.3. The molecule has 2 aromatic rings. The van der Waals surface area contributed by atoms with Crippen LogP contribution in [0.5, 0.6) is 0 Å². The molecule has 0 bridgehead atoms. The molecule has 0 radical (unpaired) electrons. The van der Waals surface area contributed by atoms with E-state index in [9.17, 15) is 0 Å². The van der Waals surface area contributed by atoms with Crippen molar-refractivity contribution in [3.05, 3.63) is 23.5 Å². The Bertz CT molecular complexity index is 430. The quantitative estimate of drug-likeness (QED) is 0.627. The predicted octanol–water partition coefficient (Wildman–Crippen LogP) is 0.928. The fraction of sp³-hybridized carbons (Fsp3) is 0.250. The number of rotatable bonds is 0. The Labute approximate surface area is 70.0 Å². The van der Waals surface area contributed by atoms with Crippen molar-refractivity contribution in [1.29, 1.82) is 0 Å². The van der Waals surface area contributed by atoms with E-state index in [0.717, 1.165) is 16.9 Å². The smallest absolute Gasteiger partial charge is 0.157 e. The first-order valence-corrected chi connectivity index (χ1v) is 3.76. The van der Waals surface area contributed by atoms with Gasteiger partial charge in [0.15, 0.2) is 5.65 Å². The molecule has 0 aliphatic carbocycles. The molecule has 2 heterocycles. The molecule has 2 rings (SSSR count). The van der Waals surface area contributed by atoms with Crippen LogP contribution in [0.2, 0.25) is 0 Å². The number of nitrogen functional groups attached to an aromatic ring is 1. The minimum absolute atomic E-state index is 0.510. The van der Waals surface area contributed by atoms with E-state index in [1.165, 1.54) is 0 Å². The summed E-state index contributed by atoms with van der Waals surface area (Å²) >= 11 is 0. The summed E-state index contributed by atoms with van der Waals surface area (Å²) in [5, 5.41) is 4.11. The van der Waals surface area contributed by atoms with Gasteiger partial charge in [-0.15, -0.1) is 5.10 Å². The van der Waals surface area contributed by atoms with E-state index in [2.05, 4.69) is 10.1 Å². The second kappa shape index (κ2) is 2.20. The Hall–Kier alpha value is -1.58. The number of nitrogens with zero attached hydrogens (tertiary/aromatic N) is 3. The van der Waals surface area contributed by atoms with Crippen molar-refractivity contribution in [3.63, 3.8) is 0 Å². The monoisotopic (exact) mass is 162 g/mol. The lowest BCUT2D eigenvalue weighted by molar-refractivity contribution is 0.885. The molecular weight excluding hydrogens is 152 g/mol. The number of hydrogen-bond donors (Lipinski definition) is 1. The van der Waals surface area contributed by atoms with Crippen LogP contribution in [0.3, 0.4) is 0 Å². The maximum absolute atomic E-state index is 5.54. The van der Waals surface area contributed by atoms with E-state index < -0.39 is 0 Å². The van der Waals surface area contributed by atoms with Crippen LogP contribution >= 0.6 is 0 Å². The van der Waals surface area contributed by atoms with Crippen LogP contribution < -0.4 is 5.73 Å². The van der Waals surface area contributed by atoms with Crippen molar-refractivity contribution in [3.8, 4) is 0 Å². The highest BCUT2D eigenvalue weighted by Crippen LogP contribution is 2.10. The number of fused-ring (bicyclic) bond motifs is 1. The minimum Gasteiger partial charge on any atom is -0.382 e. The molecule has 4 nitrogen and oxygen atoms in total. The Morgan fingerprint density at radius 1 is 1.42 bits per heavy atom. The first kappa shape index (κ1) is 7.09. The molecule has 0 aromatic carbocycles. The molecule has 0 spiro atoms. The Balaban J connectivity index is 2.89. The Kier molecular flexibility index (Phi) is 1.30. The topological polar surface area (TPSA) is 56.2 Å². The van der Waals surface area contributed by atoms with E-state index in [1.807, 2.05) is 20.0 Å². The number of nitrogens with two attached hydrogens (primary N) is 1. The Morgan fingerprint density at radius 2 is 2.17 bits per heavy atom. The average molecular weight is 162 g/mol. The molecule has 0 saturated heterocycles. The third-order valence-electron chi connectivity index (χ3n) is 1.99. The fourth-order valence-corrected chi connectivity index (χ4v) is 1.15. The zero-order chi connectivity index (χ0) is 8.72. The maximum atomic E-state index is 5.54. The zero-order valence-electron chi connectivity index (χ0n) is 7.07. The summed E-state index contributed by atoms with van der Waals surface area (Å²) in [5.41, 5.74) is 8.54. The zero-order valence-corrected chi connectivity index (χ0v) is 7.07. The van der Waals surface area contributed by atoms with Gasteiger partial charge in [0, 0.05) is 18.0 Å². The van der Waals surface area contributed by atoms with Gasteiger partial charge in [-0.3, -0.25) is 0 Å². The van der Waals surface area contributed by atoms with E-state index in [4.69, 9.17) is 5.73 Å². The van der Waals surface area contributed by atoms with E-state index in [1.54, 1.807) is 10.6 Å². The lowest BCUT2D eigenvalue weighted by Gasteiger charge is -2.00. The molecule has 2 N–H and O–H groups in total. The van der Waals surface area contributed by atoms with Crippen LogP contribution in [0.1, 0.15) is 11.3 Å². The summed E-state index contributed by atoms with van der Waals surface area (Å²) in [5.74, 6) is 0.510. The van der Waals surface area contributed by atoms with E-state index in [-0.39, 0.29) is 0 Å². The number of aryl methyl sites for hydroxylation is 2. The highest BCUT2D eigenvalue weighted by molar-refractivity contribution is 5.49. The van der Waals surface area contributed by atoms with Crippen LogP contribution in [0.15, 0.2) is 12.3 Å². The maximum Gasteiger partial charge on any atom is 0.157 e. The van der Waals surface area contributed by atoms with Gasteiger partial charge in [-0.1, -0.05) is 0 Å². The number of aromatic nitrogens is 3. The van der Waals surface area contributed by atoms with E-state index in [0.29, 0.717) is 5.82 Å². The standard InChI is InChI=1S/C8H10N4/c1-5-4-10-8-3-7(9)11-12(8)6(5)2/h3-4H,1-2H3,(H2,9,11). The van der Waals surface area contributed by atoms with Gasteiger partial charge in [0.25, 0.3) is 0 Å². The van der Waals surface area contributed by atoms with E-state index >= 15 is 0 Å². The minimum atomic E-state index is 0.510. The summed E-state index contributed by atoms with van der Waals surface area (Å²) < 4.78 is 1.75. The first-order valence-electron chi connectivity index (χ1n) is 3.76. The highest BCUT2D eigenvalue weighted by Gasteiger charge is 2.02. The van der Waals surface area contributed by atoms with Gasteiger partial charge in [-0.05, 0) is 19.4 Å². The normalized spacial score (nSPS) is 10.8. The van der Waals surface area contributed by atoms with Gasteiger partial charge in [-0.25, -0.2) is 9.50 Å². The molecule has 2 aromatic heterocycles. The molecule has 0 aliphatic rings. The van der Waals surface area contributed by atoms with Gasteiger partial charge in [0.2, 0.25) is 0 Å². The van der Waals surface area contributed by atoms with Crippen LogP contribution in [-0.2, 0) is 0 Å². The molecule has 0 saturated carbocycles. The Morgan fingerprint density at radius 3 is 2.92 bits per heavy atom. The largest absolute Gasteiger partial charge is 0.382 e. The van der Waals surface area contributed by atoms with Crippen LogP contribution in [0, 0.1) is 13.8 Å². The predicted molar refractivity (Wildman–Crippen MR) is 46.9 cm³/mol. The molecule has 0 aliphatic heterocycles. The van der Waals surface area contributed by atoms with Crippen molar-refractivity contribution >= 4 is 11.5 Å². The van der Waals surface area contributed by atoms with Crippen LogP contribution in [0.25, 0.3) is 5.65 Å². The molecule has 0 fully saturated rings. The van der Waals surface area contributed by atoms with Gasteiger partial charge >= 0.3 is 0 Å². The highest BCUT2D eigenvalue weighted by atomic mass is 15.3. The SMILES string of the molecule is Cc1cnc2cc(N)nn2c1C. The third kappa shape index (κ3) is 0.845. The van der Waals surface area contributed by atoms with Crippen molar-refractivity contribution in [2.45, 2.75) is 13.8 Å². The van der Waals surface area contributed by atoms with Crippen molar-refractivity contribution in [1.82, 2.24) is 14.6 Å². The molecule has 0 atom stereocenters. The van der Waals surface area contributed by atoms with Gasteiger partial charge in [0.05, 0.1) is 0 Å². The molecule has 0 amide bonds. The summed E-state index contributed by atoms with van der Waals surface area (Å²) in [6, 6.07) is 1.76. The molecule has 0 unspecified atom stereocenters. The molecular formula is C8H10N4. The number of anilines is 1. The van der Waals surface area contributed by atoms with Gasteiger partial charge in [0.1, 0.15) is 5.82 Å². The lowest BCUT2D eigenvalue weighted by Crippen LogP contribution is -1.98. The summed E-state index contributed by atoms with van der Waals surface area (Å²) in [7, 11) is 0. The van der Waals surface area contributed by atoms with Crippen molar-refractivity contribution in [2.24, 2.45) is 0 Å². The van der Waals surface area contributed by atoms with Gasteiger partial charge < -0.3 is 5.73 Å². The molecule has 12 heavy (non-hydrogen) atoms. The van der Waals surface area contributed by atoms with Crippen molar-refractivity contribution < 1.29 is 0 Å². The average Bonchev–Trinajstić information content (AvgIpc) is 2.39. The number of hydrogen-bond acceptors (Lipinski definition) is 3. The van der Waals surface area contributed by atoms with Crippen molar-refractivity contribution in [2.75, 3.05) is 5.73 Å². The summed E-state index contributed by atoms with van der Waals surface area (Å²) in [6.45, 7) is 4.00. The van der Waals surface area contributed by atoms with Crippen LogP contribution in [0.4, 0.5) is 5.82 Å².